The lowest BCUT2D eigenvalue weighted by molar-refractivity contribution is -0.0435. The number of methoxy groups -OCH3 is 1. The molecule has 3 aromatic rings. The zero-order valence-electron chi connectivity index (χ0n) is 24.1. The van der Waals surface area contributed by atoms with Gasteiger partial charge in [-0.3, -0.25) is 14.7 Å². The number of nitrogens with zero attached hydrogens (tertiary/aromatic N) is 2. The molecular formula is C31H34ClN5O4. The lowest BCUT2D eigenvalue weighted by atomic mass is 9.75. The Morgan fingerprint density at radius 2 is 2.05 bits per heavy atom. The Balaban J connectivity index is 1.57. The van der Waals surface area contributed by atoms with E-state index in [0.717, 1.165) is 11.3 Å². The van der Waals surface area contributed by atoms with Crippen LogP contribution in [0.5, 0.6) is 5.75 Å². The van der Waals surface area contributed by atoms with Crippen molar-refractivity contribution in [1.29, 1.82) is 0 Å². The first-order chi connectivity index (χ1) is 19.4. The second-order valence-electron chi connectivity index (χ2n) is 11.9. The quantitative estimate of drug-likeness (QED) is 0.341. The number of rotatable bonds is 4. The topological polar surface area (TPSA) is 109 Å². The van der Waals surface area contributed by atoms with Crippen LogP contribution in [0.25, 0.3) is 11.3 Å². The Hall–Kier alpha value is -4.16. The molecule has 2 aliphatic rings. The summed E-state index contributed by atoms with van der Waals surface area (Å²) in [4.78, 5) is 35.3. The van der Waals surface area contributed by atoms with Crippen LogP contribution < -0.4 is 15.4 Å². The number of para-hydroxylation sites is 1. The Bertz CT molecular complexity index is 1580. The Morgan fingerprint density at radius 1 is 1.27 bits per heavy atom. The van der Waals surface area contributed by atoms with Crippen LogP contribution in [0.1, 0.15) is 56.2 Å². The fourth-order valence-electron chi connectivity index (χ4n) is 5.20. The molecule has 2 aromatic heterocycles. The number of ether oxygens (including phenoxy) is 2. The first kappa shape index (κ1) is 28.4. The van der Waals surface area contributed by atoms with E-state index in [1.54, 1.807) is 30.5 Å². The number of hydrogen-bond donors (Lipinski definition) is 3. The number of aromatic amines is 1. The summed E-state index contributed by atoms with van der Waals surface area (Å²) >= 11 is 6.39. The fourth-order valence-corrected chi connectivity index (χ4v) is 5.46. The molecule has 5 rings (SSSR count). The summed E-state index contributed by atoms with van der Waals surface area (Å²) in [7, 11) is 1.55. The number of nitrogens with one attached hydrogen (secondary N) is 3. The molecule has 2 aliphatic heterocycles. The van der Waals surface area contributed by atoms with Gasteiger partial charge >= 0.3 is 6.09 Å². The van der Waals surface area contributed by atoms with Crippen molar-refractivity contribution in [3.63, 3.8) is 0 Å². The Kier molecular flexibility index (Phi) is 7.39. The number of carbonyl (C=O) groups is 2. The number of carbonyl (C=O) groups excluding carboxylic acids is 2. The smallest absolute Gasteiger partial charge is 0.411 e. The third-order valence-corrected chi connectivity index (χ3v) is 7.39. The largest absolute Gasteiger partial charge is 0.493 e. The maximum atomic E-state index is 13.1. The number of H-pyrrole nitrogens is 1. The average molecular weight is 576 g/mol. The van der Waals surface area contributed by atoms with E-state index >= 15 is 0 Å². The predicted octanol–water partition coefficient (Wildman–Crippen LogP) is 5.77. The first-order valence-corrected chi connectivity index (χ1v) is 13.9. The Morgan fingerprint density at radius 3 is 2.76 bits per heavy atom. The van der Waals surface area contributed by atoms with Crippen LogP contribution in [-0.2, 0) is 11.2 Å². The maximum Gasteiger partial charge on any atom is 0.411 e. The van der Waals surface area contributed by atoms with Crippen molar-refractivity contribution < 1.29 is 19.1 Å². The van der Waals surface area contributed by atoms with Crippen molar-refractivity contribution in [3.05, 3.63) is 58.5 Å². The molecule has 1 atom stereocenters. The summed E-state index contributed by atoms with van der Waals surface area (Å²) in [5.74, 6) is 6.87. The molecule has 0 aliphatic carbocycles. The molecule has 0 saturated carbocycles. The van der Waals surface area contributed by atoms with Crippen molar-refractivity contribution in [1.82, 2.24) is 20.2 Å². The number of fused-ring (bicyclic) bond motifs is 1. The number of hydrogen-bond acceptors (Lipinski definition) is 6. The van der Waals surface area contributed by atoms with Crippen LogP contribution in [-0.4, -0.2) is 58.7 Å². The molecule has 9 nitrogen and oxygen atoms in total. The van der Waals surface area contributed by atoms with Crippen LogP contribution in [0.4, 0.5) is 16.2 Å². The minimum absolute atomic E-state index is 0.178. The third kappa shape index (κ3) is 5.57. The van der Waals surface area contributed by atoms with E-state index in [1.165, 1.54) is 0 Å². The minimum atomic E-state index is -0.598. The number of benzene rings is 1. The highest BCUT2D eigenvalue weighted by Gasteiger charge is 2.48. The summed E-state index contributed by atoms with van der Waals surface area (Å²) in [6.45, 7) is 10.8. The molecular weight excluding hydrogens is 542 g/mol. The molecule has 3 N–H and O–H groups in total. The number of amides is 2. The summed E-state index contributed by atoms with van der Waals surface area (Å²) in [5, 5.41) is 6.78. The highest BCUT2D eigenvalue weighted by molar-refractivity contribution is 6.32. The van der Waals surface area contributed by atoms with E-state index in [0.29, 0.717) is 58.5 Å². The SMILES string of the molecule is COc1c(Cl)cccc1Nc1c(-c2ccncc2C#CC2N(C(=O)OC(C)(C)C)CC2(C)C)[nH]c2c1C(=O)NCC2. The fraction of sp³-hybridized carbons (Fsp3) is 0.387. The number of likely N-dealkylation sites (tertiary alicyclic amines) is 1. The normalized spacial score (nSPS) is 17.4. The molecule has 41 heavy (non-hydrogen) atoms. The molecule has 2 amide bonds. The van der Waals surface area contributed by atoms with Gasteiger partial charge in [-0.05, 0) is 39.0 Å². The van der Waals surface area contributed by atoms with Gasteiger partial charge in [-0.2, -0.15) is 0 Å². The van der Waals surface area contributed by atoms with Gasteiger partial charge in [0.2, 0.25) is 0 Å². The van der Waals surface area contributed by atoms with Gasteiger partial charge in [0.05, 0.1) is 40.3 Å². The summed E-state index contributed by atoms with van der Waals surface area (Å²) < 4.78 is 11.2. The van der Waals surface area contributed by atoms with Gasteiger partial charge in [0, 0.05) is 48.6 Å². The second-order valence-corrected chi connectivity index (χ2v) is 12.3. The van der Waals surface area contributed by atoms with E-state index in [1.807, 2.05) is 39.0 Å². The summed E-state index contributed by atoms with van der Waals surface area (Å²) in [6, 6.07) is 6.92. The number of anilines is 2. The molecule has 1 fully saturated rings. The summed E-state index contributed by atoms with van der Waals surface area (Å²) in [5.41, 5.74) is 3.86. The standard InChI is InChI=1S/C31H34ClN5O4/c1-30(2,3)41-29(39)37-17-31(4,5)23(37)11-10-18-16-33-14-12-19(18)25-26(24-21(35-25)13-15-34-28(24)38)36-22-9-7-8-20(32)27(22)40-6/h7-9,12,14,16,23,35-36H,13,15,17H2,1-6H3,(H,34,38). The van der Waals surface area contributed by atoms with Gasteiger partial charge < -0.3 is 25.1 Å². The van der Waals surface area contributed by atoms with E-state index in [4.69, 9.17) is 21.1 Å². The highest BCUT2D eigenvalue weighted by Crippen LogP contribution is 2.42. The molecule has 10 heteroatoms. The summed E-state index contributed by atoms with van der Waals surface area (Å²) in [6.07, 6.45) is 3.64. The second kappa shape index (κ2) is 10.7. The van der Waals surface area contributed by atoms with Crippen LogP contribution in [0, 0.1) is 17.3 Å². The lowest BCUT2D eigenvalue weighted by Crippen LogP contribution is -2.63. The van der Waals surface area contributed by atoms with Crippen LogP contribution in [0.2, 0.25) is 5.02 Å². The van der Waals surface area contributed by atoms with E-state index < -0.39 is 5.60 Å². The van der Waals surface area contributed by atoms with Gasteiger partial charge in [-0.15, -0.1) is 0 Å². The number of halogens is 1. The van der Waals surface area contributed by atoms with Gasteiger partial charge in [0.15, 0.2) is 5.75 Å². The molecule has 0 radical (unpaired) electrons. The molecule has 1 unspecified atom stereocenters. The van der Waals surface area contributed by atoms with Crippen molar-refractivity contribution in [2.24, 2.45) is 5.41 Å². The third-order valence-electron chi connectivity index (χ3n) is 7.09. The van der Waals surface area contributed by atoms with Gasteiger partial charge in [0.1, 0.15) is 11.6 Å². The zero-order valence-corrected chi connectivity index (χ0v) is 24.8. The van der Waals surface area contributed by atoms with Crippen molar-refractivity contribution in [3.8, 4) is 28.8 Å². The average Bonchev–Trinajstić information content (AvgIpc) is 3.26. The molecule has 214 valence electrons. The van der Waals surface area contributed by atoms with Gasteiger partial charge in [-0.25, -0.2) is 4.79 Å². The maximum absolute atomic E-state index is 13.1. The van der Waals surface area contributed by atoms with Crippen molar-refractivity contribution in [2.75, 3.05) is 25.5 Å². The predicted molar refractivity (Wildman–Crippen MR) is 159 cm³/mol. The molecule has 0 bridgehead atoms. The van der Waals surface area contributed by atoms with E-state index in [2.05, 4.69) is 46.3 Å². The zero-order chi connectivity index (χ0) is 29.5. The van der Waals surface area contributed by atoms with Crippen LogP contribution in [0.15, 0.2) is 36.7 Å². The van der Waals surface area contributed by atoms with E-state index in [9.17, 15) is 9.59 Å². The highest BCUT2D eigenvalue weighted by atomic mass is 35.5. The molecule has 1 saturated heterocycles. The molecule has 4 heterocycles. The Labute approximate surface area is 245 Å². The molecule has 1 aromatic carbocycles. The van der Waals surface area contributed by atoms with Crippen LogP contribution >= 0.6 is 11.6 Å². The number of pyridine rings is 1. The molecule has 0 spiro atoms. The van der Waals surface area contributed by atoms with Gasteiger partial charge in [-0.1, -0.05) is 43.4 Å². The first-order valence-electron chi connectivity index (χ1n) is 13.5. The minimum Gasteiger partial charge on any atom is -0.493 e. The van der Waals surface area contributed by atoms with Gasteiger partial charge in [0.25, 0.3) is 5.91 Å². The lowest BCUT2D eigenvalue weighted by Gasteiger charge is -2.51. The monoisotopic (exact) mass is 575 g/mol. The van der Waals surface area contributed by atoms with Crippen molar-refractivity contribution in [2.45, 2.75) is 52.7 Å². The number of aromatic nitrogens is 2. The van der Waals surface area contributed by atoms with Crippen LogP contribution in [0.3, 0.4) is 0 Å². The van der Waals surface area contributed by atoms with Crippen molar-refractivity contribution >= 4 is 35.0 Å². The van der Waals surface area contributed by atoms with E-state index in [-0.39, 0.29) is 23.5 Å².